The summed E-state index contributed by atoms with van der Waals surface area (Å²) in [5.74, 6) is 0.789. The fraction of sp³-hybridized carbons (Fsp3) is 0.182. The minimum Gasteiger partial charge on any atom is -0.497 e. The van der Waals surface area contributed by atoms with Crippen molar-refractivity contribution in [3.63, 3.8) is 0 Å². The first-order valence-electron chi connectivity index (χ1n) is 8.19. The van der Waals surface area contributed by atoms with Crippen LogP contribution < -0.4 is 4.74 Å². The average molecular weight is 318 g/mol. The smallest absolute Gasteiger partial charge is 0.118 e. The number of aliphatic hydroxyl groups is 1. The predicted octanol–water partition coefficient (Wildman–Crippen LogP) is 4.56. The Bertz CT molecular complexity index is 751. The lowest BCUT2D eigenvalue weighted by molar-refractivity contribution is 0.0713. The second-order valence-corrected chi connectivity index (χ2v) is 5.94. The molecule has 2 nitrogen and oxygen atoms in total. The highest BCUT2D eigenvalue weighted by atomic mass is 16.5. The molecular weight excluding hydrogens is 296 g/mol. The second-order valence-electron chi connectivity index (χ2n) is 5.94. The molecule has 0 saturated carbocycles. The van der Waals surface area contributed by atoms with Crippen LogP contribution in [-0.4, -0.2) is 12.2 Å². The third kappa shape index (κ3) is 3.50. The number of ether oxygens (including phenoxy) is 1. The first-order chi connectivity index (χ1) is 11.7. The number of benzene rings is 3. The van der Waals surface area contributed by atoms with Gasteiger partial charge in [0.2, 0.25) is 0 Å². The van der Waals surface area contributed by atoms with Crippen molar-refractivity contribution in [2.45, 2.75) is 18.4 Å². The first-order valence-corrected chi connectivity index (χ1v) is 8.19. The molecule has 3 aromatic rings. The number of rotatable bonds is 6. The van der Waals surface area contributed by atoms with Gasteiger partial charge in [-0.25, -0.2) is 0 Å². The molecule has 0 bridgehead atoms. The van der Waals surface area contributed by atoms with Gasteiger partial charge in [-0.1, -0.05) is 72.8 Å². The maximum atomic E-state index is 11.5. The monoisotopic (exact) mass is 318 g/mol. The van der Waals surface area contributed by atoms with E-state index in [1.165, 1.54) is 5.56 Å². The number of methoxy groups -OCH3 is 1. The Labute approximate surface area is 143 Å². The quantitative estimate of drug-likeness (QED) is 0.722. The van der Waals surface area contributed by atoms with Gasteiger partial charge in [-0.2, -0.15) is 0 Å². The second kappa shape index (κ2) is 7.33. The molecule has 1 unspecified atom stereocenters. The molecule has 3 aromatic carbocycles. The van der Waals surface area contributed by atoms with Crippen molar-refractivity contribution in [2.75, 3.05) is 7.11 Å². The molecule has 0 aliphatic carbocycles. The summed E-state index contributed by atoms with van der Waals surface area (Å²) in [4.78, 5) is 0. The summed E-state index contributed by atoms with van der Waals surface area (Å²) in [5.41, 5.74) is 1.99. The summed E-state index contributed by atoms with van der Waals surface area (Å²) >= 11 is 0. The van der Waals surface area contributed by atoms with Crippen LogP contribution in [0.2, 0.25) is 0 Å². The Balaban J connectivity index is 1.94. The average Bonchev–Trinajstić information content (AvgIpc) is 2.68. The molecular formula is C22H22O2. The largest absolute Gasteiger partial charge is 0.497 e. The molecule has 0 amide bonds. The lowest BCUT2D eigenvalue weighted by atomic mass is 9.81. The van der Waals surface area contributed by atoms with Crippen molar-refractivity contribution in [1.29, 1.82) is 0 Å². The summed E-state index contributed by atoms with van der Waals surface area (Å²) in [6, 6.07) is 27.8. The van der Waals surface area contributed by atoms with Crippen LogP contribution in [0, 0.1) is 0 Å². The minimum absolute atomic E-state index is 0.618. The molecule has 0 radical (unpaired) electrons. The van der Waals surface area contributed by atoms with E-state index < -0.39 is 5.60 Å². The maximum Gasteiger partial charge on any atom is 0.118 e. The van der Waals surface area contributed by atoms with Crippen LogP contribution in [0.1, 0.15) is 23.1 Å². The summed E-state index contributed by atoms with van der Waals surface area (Å²) in [6.45, 7) is 0. The van der Waals surface area contributed by atoms with Gasteiger partial charge in [-0.15, -0.1) is 0 Å². The van der Waals surface area contributed by atoms with Crippen molar-refractivity contribution >= 4 is 0 Å². The number of aryl methyl sites for hydroxylation is 1. The van der Waals surface area contributed by atoms with Crippen LogP contribution in [-0.2, 0) is 12.0 Å². The highest BCUT2D eigenvalue weighted by Crippen LogP contribution is 2.35. The van der Waals surface area contributed by atoms with Gasteiger partial charge in [-0.3, -0.25) is 0 Å². The Morgan fingerprint density at radius 2 is 1.29 bits per heavy atom. The topological polar surface area (TPSA) is 29.5 Å². The van der Waals surface area contributed by atoms with E-state index >= 15 is 0 Å². The zero-order valence-corrected chi connectivity index (χ0v) is 13.9. The maximum absolute atomic E-state index is 11.5. The van der Waals surface area contributed by atoms with E-state index in [1.807, 2.05) is 72.8 Å². The normalized spacial score (nSPS) is 13.2. The summed E-state index contributed by atoms with van der Waals surface area (Å²) < 4.78 is 5.24. The van der Waals surface area contributed by atoms with Gasteiger partial charge in [0, 0.05) is 0 Å². The van der Waals surface area contributed by atoms with Crippen molar-refractivity contribution in [2.24, 2.45) is 0 Å². The van der Waals surface area contributed by atoms with E-state index in [0.29, 0.717) is 6.42 Å². The SMILES string of the molecule is COc1ccc(C(O)(CCc2ccccc2)c2ccccc2)cc1. The Hall–Kier alpha value is -2.58. The van der Waals surface area contributed by atoms with E-state index in [0.717, 1.165) is 23.3 Å². The van der Waals surface area contributed by atoms with Crippen LogP contribution in [0.3, 0.4) is 0 Å². The third-order valence-electron chi connectivity index (χ3n) is 4.44. The molecule has 1 N–H and O–H groups in total. The Kier molecular flexibility index (Phi) is 4.97. The van der Waals surface area contributed by atoms with E-state index in [1.54, 1.807) is 7.11 Å². The molecule has 0 saturated heterocycles. The molecule has 0 heterocycles. The van der Waals surface area contributed by atoms with Gasteiger partial charge in [-0.05, 0) is 41.7 Å². The fourth-order valence-corrected chi connectivity index (χ4v) is 3.01. The lowest BCUT2D eigenvalue weighted by Gasteiger charge is -2.30. The number of hydrogen-bond donors (Lipinski definition) is 1. The van der Waals surface area contributed by atoms with Gasteiger partial charge in [0.15, 0.2) is 0 Å². The van der Waals surface area contributed by atoms with Gasteiger partial charge < -0.3 is 9.84 Å². The van der Waals surface area contributed by atoms with E-state index in [-0.39, 0.29) is 0 Å². The zero-order valence-electron chi connectivity index (χ0n) is 13.9. The Morgan fingerprint density at radius 1 is 0.750 bits per heavy atom. The van der Waals surface area contributed by atoms with Crippen LogP contribution in [0.5, 0.6) is 5.75 Å². The van der Waals surface area contributed by atoms with Crippen LogP contribution in [0.15, 0.2) is 84.9 Å². The summed E-state index contributed by atoms with van der Waals surface area (Å²) in [5, 5.41) is 11.5. The van der Waals surface area contributed by atoms with Crippen molar-refractivity contribution in [1.82, 2.24) is 0 Å². The van der Waals surface area contributed by atoms with Crippen molar-refractivity contribution in [3.05, 3.63) is 102 Å². The van der Waals surface area contributed by atoms with Gasteiger partial charge in [0.05, 0.1) is 7.11 Å². The molecule has 2 heteroatoms. The summed E-state index contributed by atoms with van der Waals surface area (Å²) in [7, 11) is 1.65. The van der Waals surface area contributed by atoms with Crippen LogP contribution >= 0.6 is 0 Å². The fourth-order valence-electron chi connectivity index (χ4n) is 3.01. The molecule has 0 aliphatic rings. The van der Waals surface area contributed by atoms with Crippen LogP contribution in [0.4, 0.5) is 0 Å². The first kappa shape index (κ1) is 16.3. The Morgan fingerprint density at radius 3 is 1.88 bits per heavy atom. The van der Waals surface area contributed by atoms with Gasteiger partial charge >= 0.3 is 0 Å². The highest BCUT2D eigenvalue weighted by Gasteiger charge is 2.31. The lowest BCUT2D eigenvalue weighted by Crippen LogP contribution is -2.28. The van der Waals surface area contributed by atoms with Crippen LogP contribution in [0.25, 0.3) is 0 Å². The molecule has 0 spiro atoms. The molecule has 0 fully saturated rings. The van der Waals surface area contributed by atoms with Crippen molar-refractivity contribution < 1.29 is 9.84 Å². The number of hydrogen-bond acceptors (Lipinski definition) is 2. The molecule has 0 aliphatic heterocycles. The molecule has 0 aromatic heterocycles. The molecule has 3 rings (SSSR count). The zero-order chi connectivity index (χ0) is 16.8. The molecule has 122 valence electrons. The highest BCUT2D eigenvalue weighted by molar-refractivity contribution is 5.39. The van der Waals surface area contributed by atoms with E-state index in [2.05, 4.69) is 12.1 Å². The predicted molar refractivity (Wildman–Crippen MR) is 97.2 cm³/mol. The van der Waals surface area contributed by atoms with Gasteiger partial charge in [0.1, 0.15) is 11.4 Å². The van der Waals surface area contributed by atoms with Gasteiger partial charge in [0.25, 0.3) is 0 Å². The van der Waals surface area contributed by atoms with E-state index in [4.69, 9.17) is 4.74 Å². The third-order valence-corrected chi connectivity index (χ3v) is 4.44. The molecule has 1 atom stereocenters. The van der Waals surface area contributed by atoms with Crippen molar-refractivity contribution in [3.8, 4) is 5.75 Å². The molecule has 24 heavy (non-hydrogen) atoms. The minimum atomic E-state index is -1.02. The van der Waals surface area contributed by atoms with E-state index in [9.17, 15) is 5.11 Å². The standard InChI is InChI=1S/C22H22O2/c1-24-21-14-12-20(13-15-21)22(23,19-10-6-3-7-11-19)17-16-18-8-4-2-5-9-18/h2-15,23H,16-17H2,1H3. The summed E-state index contributed by atoms with van der Waals surface area (Å²) in [6.07, 6.45) is 1.42.